The lowest BCUT2D eigenvalue weighted by molar-refractivity contribution is 0.0951. The quantitative estimate of drug-likeness (QED) is 0.620. The van der Waals surface area contributed by atoms with Crippen molar-refractivity contribution in [1.29, 1.82) is 0 Å². The molecule has 0 heterocycles. The molecule has 1 amide bonds. The Balaban J connectivity index is 1.72. The van der Waals surface area contributed by atoms with Crippen molar-refractivity contribution in [3.8, 4) is 0 Å². The van der Waals surface area contributed by atoms with E-state index in [4.69, 9.17) is 5.11 Å². The largest absolute Gasteiger partial charge is 0.396 e. The van der Waals surface area contributed by atoms with Crippen molar-refractivity contribution in [2.75, 3.05) is 25.0 Å². The molecule has 24 heavy (non-hydrogen) atoms. The summed E-state index contributed by atoms with van der Waals surface area (Å²) >= 11 is 0. The molecule has 0 fully saturated rings. The number of carbonyl (C=O) groups excluding carboxylic acids is 1. The summed E-state index contributed by atoms with van der Waals surface area (Å²) in [6.07, 6.45) is 2.26. The summed E-state index contributed by atoms with van der Waals surface area (Å²) in [5.74, 6) is -0.339. The number of aliphatic hydroxyl groups excluding tert-OH is 1. The molecule has 0 bridgehead atoms. The van der Waals surface area contributed by atoms with E-state index in [9.17, 15) is 9.18 Å². The van der Waals surface area contributed by atoms with Crippen molar-refractivity contribution >= 4 is 11.6 Å². The van der Waals surface area contributed by atoms with Gasteiger partial charge in [-0.3, -0.25) is 4.79 Å². The highest BCUT2D eigenvalue weighted by Crippen LogP contribution is 2.11. The number of amides is 1. The molecular weight excluding hydrogens is 307 g/mol. The third-order valence-corrected chi connectivity index (χ3v) is 3.63. The maximum absolute atomic E-state index is 13.1. The summed E-state index contributed by atoms with van der Waals surface area (Å²) < 4.78 is 13.1. The molecule has 5 heteroatoms. The van der Waals surface area contributed by atoms with E-state index < -0.39 is 0 Å². The van der Waals surface area contributed by atoms with Gasteiger partial charge in [0, 0.05) is 30.9 Å². The molecule has 2 rings (SSSR count). The molecule has 0 saturated heterocycles. The van der Waals surface area contributed by atoms with Gasteiger partial charge in [0.25, 0.3) is 5.91 Å². The summed E-state index contributed by atoms with van der Waals surface area (Å²) in [6, 6.07) is 13.9. The summed E-state index contributed by atoms with van der Waals surface area (Å²) in [6.45, 7) is 1.31. The van der Waals surface area contributed by atoms with Gasteiger partial charge in [-0.05, 0) is 61.2 Å². The number of anilines is 1. The number of nitrogens with one attached hydrogen (secondary N) is 2. The van der Waals surface area contributed by atoms with Crippen LogP contribution < -0.4 is 10.6 Å². The van der Waals surface area contributed by atoms with Crippen molar-refractivity contribution in [3.63, 3.8) is 0 Å². The Morgan fingerprint density at radius 2 is 1.83 bits per heavy atom. The fourth-order valence-corrected chi connectivity index (χ4v) is 2.34. The molecule has 0 unspecified atom stereocenters. The van der Waals surface area contributed by atoms with Gasteiger partial charge in [0.1, 0.15) is 5.82 Å². The molecule has 128 valence electrons. The zero-order chi connectivity index (χ0) is 17.2. The maximum Gasteiger partial charge on any atom is 0.251 e. The molecule has 0 spiro atoms. The SMILES string of the molecule is O=C(NCCCO)c1ccc(NCCCc2cccc(F)c2)cc1. The van der Waals surface area contributed by atoms with Crippen molar-refractivity contribution in [1.82, 2.24) is 5.32 Å². The fourth-order valence-electron chi connectivity index (χ4n) is 2.34. The topological polar surface area (TPSA) is 61.4 Å². The van der Waals surface area contributed by atoms with Gasteiger partial charge in [-0.1, -0.05) is 12.1 Å². The average Bonchev–Trinajstić information content (AvgIpc) is 2.59. The van der Waals surface area contributed by atoms with Crippen LogP contribution in [-0.2, 0) is 6.42 Å². The highest BCUT2D eigenvalue weighted by Gasteiger charge is 2.04. The molecule has 0 saturated carbocycles. The van der Waals surface area contributed by atoms with E-state index in [0.29, 0.717) is 18.5 Å². The number of aryl methyl sites for hydroxylation is 1. The molecular formula is C19H23FN2O2. The predicted octanol–water partition coefficient (Wildman–Crippen LogP) is 2.98. The van der Waals surface area contributed by atoms with Crippen LogP contribution in [-0.4, -0.2) is 30.7 Å². The molecule has 0 atom stereocenters. The first-order valence-electron chi connectivity index (χ1n) is 8.16. The smallest absolute Gasteiger partial charge is 0.251 e. The Bertz CT molecular complexity index is 644. The van der Waals surface area contributed by atoms with E-state index in [1.165, 1.54) is 6.07 Å². The van der Waals surface area contributed by atoms with Gasteiger partial charge in [-0.15, -0.1) is 0 Å². The first-order chi connectivity index (χ1) is 11.7. The molecule has 4 nitrogen and oxygen atoms in total. The lowest BCUT2D eigenvalue weighted by Gasteiger charge is -2.08. The summed E-state index contributed by atoms with van der Waals surface area (Å²) in [5, 5.41) is 14.7. The van der Waals surface area contributed by atoms with Gasteiger partial charge >= 0.3 is 0 Å². The molecule has 3 N–H and O–H groups in total. The lowest BCUT2D eigenvalue weighted by Crippen LogP contribution is -2.24. The third-order valence-electron chi connectivity index (χ3n) is 3.63. The number of carbonyl (C=O) groups is 1. The maximum atomic E-state index is 13.1. The number of hydrogen-bond donors (Lipinski definition) is 3. The summed E-state index contributed by atoms with van der Waals surface area (Å²) in [4.78, 5) is 11.8. The van der Waals surface area contributed by atoms with E-state index in [1.807, 2.05) is 18.2 Å². The highest BCUT2D eigenvalue weighted by atomic mass is 19.1. The van der Waals surface area contributed by atoms with E-state index >= 15 is 0 Å². The molecule has 0 aliphatic carbocycles. The number of aliphatic hydroxyl groups is 1. The Kier molecular flexibility index (Phi) is 7.23. The van der Waals surface area contributed by atoms with Gasteiger partial charge < -0.3 is 15.7 Å². The second-order valence-electron chi connectivity index (χ2n) is 5.57. The number of halogens is 1. The van der Waals surface area contributed by atoms with Crippen molar-refractivity contribution in [2.45, 2.75) is 19.3 Å². The minimum absolute atomic E-state index is 0.0682. The van der Waals surface area contributed by atoms with Crippen molar-refractivity contribution in [3.05, 3.63) is 65.5 Å². The average molecular weight is 330 g/mol. The van der Waals surface area contributed by atoms with E-state index in [-0.39, 0.29) is 18.3 Å². The Morgan fingerprint density at radius 3 is 2.54 bits per heavy atom. The molecule has 0 aliphatic heterocycles. The van der Waals surface area contributed by atoms with Crippen LogP contribution in [0.1, 0.15) is 28.8 Å². The van der Waals surface area contributed by atoms with Crippen LogP contribution in [0.25, 0.3) is 0 Å². The molecule has 2 aromatic rings. The normalized spacial score (nSPS) is 10.4. The summed E-state index contributed by atoms with van der Waals surface area (Å²) in [5.41, 5.74) is 2.53. The second-order valence-corrected chi connectivity index (χ2v) is 5.57. The zero-order valence-electron chi connectivity index (χ0n) is 13.6. The highest BCUT2D eigenvalue weighted by molar-refractivity contribution is 5.94. The minimum Gasteiger partial charge on any atom is -0.396 e. The Labute approximate surface area is 141 Å². The van der Waals surface area contributed by atoms with Crippen LogP contribution in [0.5, 0.6) is 0 Å². The van der Waals surface area contributed by atoms with Crippen molar-refractivity contribution in [2.24, 2.45) is 0 Å². The zero-order valence-corrected chi connectivity index (χ0v) is 13.6. The van der Waals surface area contributed by atoms with E-state index in [2.05, 4.69) is 10.6 Å². The van der Waals surface area contributed by atoms with E-state index in [0.717, 1.165) is 30.6 Å². The number of benzene rings is 2. The van der Waals surface area contributed by atoms with Gasteiger partial charge in [0.05, 0.1) is 0 Å². The summed E-state index contributed by atoms with van der Waals surface area (Å²) in [7, 11) is 0. The second kappa shape index (κ2) is 9.67. The Morgan fingerprint density at radius 1 is 1.04 bits per heavy atom. The molecule has 0 radical (unpaired) electrons. The van der Waals surface area contributed by atoms with Crippen LogP contribution in [0.4, 0.5) is 10.1 Å². The lowest BCUT2D eigenvalue weighted by atomic mass is 10.1. The fraction of sp³-hybridized carbons (Fsp3) is 0.316. The van der Waals surface area contributed by atoms with Gasteiger partial charge in [0.15, 0.2) is 0 Å². The Hall–Kier alpha value is -2.40. The van der Waals surface area contributed by atoms with Gasteiger partial charge in [0.2, 0.25) is 0 Å². The van der Waals surface area contributed by atoms with Gasteiger partial charge in [-0.25, -0.2) is 4.39 Å². The molecule has 0 aromatic heterocycles. The first kappa shape index (κ1) is 17.9. The minimum atomic E-state index is -0.201. The van der Waals surface area contributed by atoms with Crippen LogP contribution in [0.2, 0.25) is 0 Å². The first-order valence-corrected chi connectivity index (χ1v) is 8.16. The van der Waals surface area contributed by atoms with Gasteiger partial charge in [-0.2, -0.15) is 0 Å². The van der Waals surface area contributed by atoms with Crippen LogP contribution >= 0.6 is 0 Å². The van der Waals surface area contributed by atoms with Crippen LogP contribution in [0.3, 0.4) is 0 Å². The van der Waals surface area contributed by atoms with Crippen LogP contribution in [0.15, 0.2) is 48.5 Å². The monoisotopic (exact) mass is 330 g/mol. The predicted molar refractivity (Wildman–Crippen MR) is 93.7 cm³/mol. The third kappa shape index (κ3) is 6.01. The van der Waals surface area contributed by atoms with Crippen molar-refractivity contribution < 1.29 is 14.3 Å². The molecule has 0 aliphatic rings. The van der Waals surface area contributed by atoms with Crippen LogP contribution in [0, 0.1) is 5.82 Å². The van der Waals surface area contributed by atoms with E-state index in [1.54, 1.807) is 24.3 Å². The molecule has 2 aromatic carbocycles. The number of hydrogen-bond acceptors (Lipinski definition) is 3. The number of rotatable bonds is 9. The standard InChI is InChI=1S/C19H23FN2O2/c20-17-6-1-4-15(14-17)5-2-11-21-18-9-7-16(8-10-18)19(24)22-12-3-13-23/h1,4,6-10,14,21,23H,2-3,5,11-13H2,(H,22,24).